The Morgan fingerprint density at radius 3 is 2.04 bits per heavy atom. The molecule has 132 valence electrons. The molecule has 2 nitrogen and oxygen atoms in total. The fourth-order valence-electron chi connectivity index (χ4n) is 3.17. The van der Waals surface area contributed by atoms with Gasteiger partial charge in [0.1, 0.15) is 0 Å². The summed E-state index contributed by atoms with van der Waals surface area (Å²) in [5, 5.41) is 3.64. The molecule has 0 fully saturated rings. The van der Waals surface area contributed by atoms with Gasteiger partial charge in [-0.2, -0.15) is 0 Å². The zero-order valence-corrected chi connectivity index (χ0v) is 16.0. The normalized spacial score (nSPS) is 10.5. The lowest BCUT2D eigenvalue weighted by atomic mass is 9.98. The van der Waals surface area contributed by atoms with E-state index < -0.39 is 0 Å². The van der Waals surface area contributed by atoms with Gasteiger partial charge in [-0.25, -0.2) is 0 Å². The van der Waals surface area contributed by atoms with E-state index >= 15 is 0 Å². The number of nitrogens with zero attached hydrogens (tertiary/aromatic N) is 1. The number of nitrogens with one attached hydrogen (secondary N) is 1. The summed E-state index contributed by atoms with van der Waals surface area (Å²) >= 11 is 0. The standard InChI is InChI=1S/C24H26N2/c1-17(2)26(5)23-14-10-9-13-22(23)25-24-18(3)15-21(16-19(24)4)20-11-7-6-8-12-20/h6-16,25H,1H2,2-5H3. The van der Waals surface area contributed by atoms with Crippen LogP contribution in [0.1, 0.15) is 18.1 Å². The molecule has 3 aromatic rings. The monoisotopic (exact) mass is 342 g/mol. The number of rotatable bonds is 5. The highest BCUT2D eigenvalue weighted by atomic mass is 15.1. The molecule has 3 aromatic carbocycles. The summed E-state index contributed by atoms with van der Waals surface area (Å²) in [4.78, 5) is 2.10. The molecule has 0 unspecified atom stereocenters. The predicted octanol–water partition coefficient (Wildman–Crippen LogP) is 6.68. The van der Waals surface area contributed by atoms with E-state index in [-0.39, 0.29) is 0 Å². The smallest absolute Gasteiger partial charge is 0.0644 e. The highest BCUT2D eigenvalue weighted by molar-refractivity contribution is 5.80. The molecule has 26 heavy (non-hydrogen) atoms. The van der Waals surface area contributed by atoms with Crippen molar-refractivity contribution in [3.63, 3.8) is 0 Å². The van der Waals surface area contributed by atoms with Crippen LogP contribution in [0.2, 0.25) is 0 Å². The van der Waals surface area contributed by atoms with E-state index in [1.165, 1.54) is 22.3 Å². The van der Waals surface area contributed by atoms with Crippen molar-refractivity contribution in [1.29, 1.82) is 0 Å². The van der Waals surface area contributed by atoms with Gasteiger partial charge in [-0.1, -0.05) is 49.0 Å². The van der Waals surface area contributed by atoms with Crippen molar-refractivity contribution in [3.05, 3.63) is 90.1 Å². The van der Waals surface area contributed by atoms with Crippen LogP contribution in [0.3, 0.4) is 0 Å². The van der Waals surface area contributed by atoms with Crippen LogP contribution in [0.15, 0.2) is 79.0 Å². The molecule has 0 aliphatic carbocycles. The van der Waals surface area contributed by atoms with E-state index in [0.29, 0.717) is 0 Å². The fourth-order valence-corrected chi connectivity index (χ4v) is 3.17. The summed E-state index contributed by atoms with van der Waals surface area (Å²) in [5.41, 5.74) is 9.32. The molecule has 3 rings (SSSR count). The topological polar surface area (TPSA) is 15.3 Å². The molecule has 0 amide bonds. The Balaban J connectivity index is 1.98. The first-order chi connectivity index (χ1) is 12.5. The zero-order chi connectivity index (χ0) is 18.7. The van der Waals surface area contributed by atoms with E-state index in [2.05, 4.69) is 91.3 Å². The summed E-state index contributed by atoms with van der Waals surface area (Å²) in [5.74, 6) is 0. The Morgan fingerprint density at radius 1 is 0.846 bits per heavy atom. The van der Waals surface area contributed by atoms with Crippen molar-refractivity contribution >= 4 is 17.1 Å². The maximum atomic E-state index is 4.06. The summed E-state index contributed by atoms with van der Waals surface area (Å²) < 4.78 is 0. The summed E-state index contributed by atoms with van der Waals surface area (Å²) in [6.45, 7) is 10.4. The fraction of sp³-hybridized carbons (Fsp3) is 0.167. The van der Waals surface area contributed by atoms with Crippen LogP contribution in [0.25, 0.3) is 11.1 Å². The van der Waals surface area contributed by atoms with Crippen molar-refractivity contribution in [2.45, 2.75) is 20.8 Å². The van der Waals surface area contributed by atoms with Crippen molar-refractivity contribution in [3.8, 4) is 11.1 Å². The first-order valence-electron chi connectivity index (χ1n) is 8.89. The van der Waals surface area contributed by atoms with Gasteiger partial charge in [-0.15, -0.1) is 0 Å². The summed E-state index contributed by atoms with van der Waals surface area (Å²) in [6.07, 6.45) is 0. The minimum absolute atomic E-state index is 1.01. The lowest BCUT2D eigenvalue weighted by Gasteiger charge is -2.24. The van der Waals surface area contributed by atoms with Crippen molar-refractivity contribution in [2.75, 3.05) is 17.3 Å². The van der Waals surface area contributed by atoms with E-state index in [1.807, 2.05) is 20.0 Å². The molecule has 0 spiro atoms. The van der Waals surface area contributed by atoms with Crippen LogP contribution in [-0.2, 0) is 0 Å². The van der Waals surface area contributed by atoms with Gasteiger partial charge < -0.3 is 10.2 Å². The summed E-state index contributed by atoms with van der Waals surface area (Å²) in [6, 6.07) is 23.3. The SMILES string of the molecule is C=C(C)N(C)c1ccccc1Nc1c(C)cc(-c2ccccc2)cc1C. The minimum Gasteiger partial charge on any atom is -0.353 e. The minimum atomic E-state index is 1.01. The zero-order valence-electron chi connectivity index (χ0n) is 16.0. The third-order valence-electron chi connectivity index (χ3n) is 4.74. The van der Waals surface area contributed by atoms with Crippen LogP contribution in [0.5, 0.6) is 0 Å². The van der Waals surface area contributed by atoms with Gasteiger partial charge in [0.15, 0.2) is 0 Å². The van der Waals surface area contributed by atoms with Gasteiger partial charge in [0.05, 0.1) is 11.4 Å². The molecule has 2 heteroatoms. The third kappa shape index (κ3) is 3.65. The number of hydrogen-bond acceptors (Lipinski definition) is 2. The highest BCUT2D eigenvalue weighted by Gasteiger charge is 2.11. The second-order valence-electron chi connectivity index (χ2n) is 6.79. The number of allylic oxidation sites excluding steroid dienone is 1. The molecular formula is C24H26N2. The van der Waals surface area contributed by atoms with Gasteiger partial charge in [0.2, 0.25) is 0 Å². The Hall–Kier alpha value is -3.00. The second kappa shape index (κ2) is 7.49. The molecule has 0 saturated heterocycles. The molecule has 0 atom stereocenters. The average molecular weight is 342 g/mol. The number of benzene rings is 3. The largest absolute Gasteiger partial charge is 0.353 e. The molecule has 0 bridgehead atoms. The van der Waals surface area contributed by atoms with Crippen LogP contribution in [0, 0.1) is 13.8 Å². The molecular weight excluding hydrogens is 316 g/mol. The van der Waals surface area contributed by atoms with Gasteiger partial charge in [0.25, 0.3) is 0 Å². The Labute approximate surface area is 156 Å². The first kappa shape index (κ1) is 17.8. The van der Waals surface area contributed by atoms with Crippen LogP contribution in [0.4, 0.5) is 17.1 Å². The van der Waals surface area contributed by atoms with Crippen molar-refractivity contribution < 1.29 is 0 Å². The Bertz CT molecular complexity index is 903. The summed E-state index contributed by atoms with van der Waals surface area (Å²) in [7, 11) is 2.04. The van der Waals surface area contributed by atoms with E-state index in [9.17, 15) is 0 Å². The Morgan fingerprint density at radius 2 is 1.42 bits per heavy atom. The Kier molecular flexibility index (Phi) is 5.13. The predicted molar refractivity (Wildman–Crippen MR) is 114 cm³/mol. The van der Waals surface area contributed by atoms with Gasteiger partial charge in [-0.3, -0.25) is 0 Å². The van der Waals surface area contributed by atoms with Gasteiger partial charge in [0, 0.05) is 18.4 Å². The van der Waals surface area contributed by atoms with Crippen LogP contribution >= 0.6 is 0 Å². The van der Waals surface area contributed by atoms with E-state index in [0.717, 1.165) is 22.8 Å². The van der Waals surface area contributed by atoms with Crippen LogP contribution < -0.4 is 10.2 Å². The lowest BCUT2D eigenvalue weighted by molar-refractivity contribution is 1.10. The van der Waals surface area contributed by atoms with Crippen LogP contribution in [-0.4, -0.2) is 7.05 Å². The van der Waals surface area contributed by atoms with Crippen molar-refractivity contribution in [2.24, 2.45) is 0 Å². The quantitative estimate of drug-likeness (QED) is 0.556. The molecule has 0 radical (unpaired) electrons. The highest BCUT2D eigenvalue weighted by Crippen LogP contribution is 2.34. The maximum absolute atomic E-state index is 4.06. The maximum Gasteiger partial charge on any atom is 0.0644 e. The van der Waals surface area contributed by atoms with Crippen molar-refractivity contribution in [1.82, 2.24) is 0 Å². The van der Waals surface area contributed by atoms with Gasteiger partial charge >= 0.3 is 0 Å². The van der Waals surface area contributed by atoms with Gasteiger partial charge in [-0.05, 0) is 67.3 Å². The molecule has 0 saturated carbocycles. The first-order valence-corrected chi connectivity index (χ1v) is 8.89. The molecule has 1 N–H and O–H groups in total. The lowest BCUT2D eigenvalue weighted by Crippen LogP contribution is -2.15. The third-order valence-corrected chi connectivity index (χ3v) is 4.74. The number of anilines is 3. The number of aryl methyl sites for hydroxylation is 2. The van der Waals surface area contributed by atoms with E-state index in [4.69, 9.17) is 0 Å². The molecule has 0 heterocycles. The number of para-hydroxylation sites is 2. The van der Waals surface area contributed by atoms with E-state index in [1.54, 1.807) is 0 Å². The molecule has 0 aliphatic heterocycles. The average Bonchev–Trinajstić information content (AvgIpc) is 2.65. The number of hydrogen-bond donors (Lipinski definition) is 1. The molecule has 0 aliphatic rings. The second-order valence-corrected chi connectivity index (χ2v) is 6.79. The molecule has 0 aromatic heterocycles.